The summed E-state index contributed by atoms with van der Waals surface area (Å²) in [6, 6.07) is 6.80. The number of carbonyl (C=O) groups excluding carboxylic acids is 1. The van der Waals surface area contributed by atoms with Crippen molar-refractivity contribution in [1.82, 2.24) is 0 Å². The molecule has 0 aliphatic rings. The number of anilines is 1. The molecule has 0 radical (unpaired) electrons. The number of amidine groups is 1. The van der Waals surface area contributed by atoms with Crippen molar-refractivity contribution in [2.24, 2.45) is 10.9 Å². The van der Waals surface area contributed by atoms with Gasteiger partial charge in [0, 0.05) is 15.4 Å². The first kappa shape index (κ1) is 15.0. The topological polar surface area (TPSA) is 87.7 Å². The zero-order valence-corrected chi connectivity index (χ0v) is 13.9. The lowest BCUT2D eigenvalue weighted by Gasteiger charge is -2.10. The van der Waals surface area contributed by atoms with E-state index < -0.39 is 0 Å². The highest BCUT2D eigenvalue weighted by Crippen LogP contribution is 2.24. The SMILES string of the molecule is N/C(=N/O)c1ccc(Br)cc1NC(=O)c1csc(Br)c1. The van der Waals surface area contributed by atoms with E-state index in [0.29, 0.717) is 16.8 Å². The van der Waals surface area contributed by atoms with E-state index in [1.54, 1.807) is 29.6 Å². The van der Waals surface area contributed by atoms with Crippen LogP contribution in [0.15, 0.2) is 43.1 Å². The minimum Gasteiger partial charge on any atom is -0.409 e. The third-order valence-electron chi connectivity index (χ3n) is 2.44. The third kappa shape index (κ3) is 3.38. The molecule has 0 saturated carbocycles. The van der Waals surface area contributed by atoms with Crippen molar-refractivity contribution in [1.29, 1.82) is 0 Å². The summed E-state index contributed by atoms with van der Waals surface area (Å²) < 4.78 is 1.64. The number of nitrogens with one attached hydrogen (secondary N) is 1. The summed E-state index contributed by atoms with van der Waals surface area (Å²) in [5.74, 6) is -0.337. The van der Waals surface area contributed by atoms with E-state index >= 15 is 0 Å². The molecule has 1 aromatic carbocycles. The van der Waals surface area contributed by atoms with Crippen LogP contribution >= 0.6 is 43.2 Å². The van der Waals surface area contributed by atoms with Crippen LogP contribution in [0.25, 0.3) is 0 Å². The van der Waals surface area contributed by atoms with Gasteiger partial charge in [0.2, 0.25) is 0 Å². The molecule has 1 aromatic heterocycles. The van der Waals surface area contributed by atoms with E-state index in [-0.39, 0.29) is 11.7 Å². The molecule has 104 valence electrons. The maximum atomic E-state index is 12.1. The second-order valence-electron chi connectivity index (χ2n) is 3.77. The van der Waals surface area contributed by atoms with Crippen LogP contribution in [0.3, 0.4) is 0 Å². The molecular formula is C12H9Br2N3O2S. The number of benzene rings is 1. The predicted octanol–water partition coefficient (Wildman–Crippen LogP) is 3.62. The third-order valence-corrected chi connectivity index (χ3v) is 4.44. The van der Waals surface area contributed by atoms with Gasteiger partial charge < -0.3 is 16.3 Å². The zero-order valence-electron chi connectivity index (χ0n) is 9.93. The maximum Gasteiger partial charge on any atom is 0.256 e. The average molecular weight is 419 g/mol. The Morgan fingerprint density at radius 3 is 2.70 bits per heavy atom. The van der Waals surface area contributed by atoms with Gasteiger partial charge in [0.25, 0.3) is 5.91 Å². The minimum atomic E-state index is -0.267. The van der Waals surface area contributed by atoms with E-state index in [9.17, 15) is 4.79 Å². The number of nitrogens with two attached hydrogens (primary N) is 1. The van der Waals surface area contributed by atoms with Gasteiger partial charge in [-0.15, -0.1) is 11.3 Å². The molecule has 2 rings (SSSR count). The zero-order chi connectivity index (χ0) is 14.7. The van der Waals surface area contributed by atoms with Crippen molar-refractivity contribution in [3.8, 4) is 0 Å². The van der Waals surface area contributed by atoms with Crippen LogP contribution in [0.1, 0.15) is 15.9 Å². The number of rotatable bonds is 3. The number of nitrogens with zero attached hydrogens (tertiary/aromatic N) is 1. The Kier molecular flexibility index (Phi) is 4.79. The molecule has 2 aromatic rings. The summed E-state index contributed by atoms with van der Waals surface area (Å²) >= 11 is 8.04. The molecule has 0 unspecified atom stereocenters. The fraction of sp³-hybridized carbons (Fsp3) is 0. The fourth-order valence-corrected chi connectivity index (χ4v) is 3.02. The molecule has 1 heterocycles. The Hall–Kier alpha value is -1.38. The summed E-state index contributed by atoms with van der Waals surface area (Å²) in [5, 5.41) is 16.2. The summed E-state index contributed by atoms with van der Waals surface area (Å²) in [7, 11) is 0. The van der Waals surface area contributed by atoms with Crippen molar-refractivity contribution in [2.45, 2.75) is 0 Å². The van der Waals surface area contributed by atoms with E-state index in [2.05, 4.69) is 42.3 Å². The molecule has 0 saturated heterocycles. The van der Waals surface area contributed by atoms with Gasteiger partial charge in [0.05, 0.1) is 15.0 Å². The first-order valence-corrected chi connectivity index (χ1v) is 7.80. The summed E-state index contributed by atoms with van der Waals surface area (Å²) in [6.07, 6.45) is 0. The highest BCUT2D eigenvalue weighted by molar-refractivity contribution is 9.11. The molecule has 0 aliphatic carbocycles. The number of thiophene rings is 1. The van der Waals surface area contributed by atoms with E-state index in [1.807, 2.05) is 0 Å². The van der Waals surface area contributed by atoms with Gasteiger partial charge in [-0.2, -0.15) is 0 Å². The van der Waals surface area contributed by atoms with Crippen LogP contribution in [-0.2, 0) is 0 Å². The maximum absolute atomic E-state index is 12.1. The summed E-state index contributed by atoms with van der Waals surface area (Å²) in [5.41, 5.74) is 7.03. The van der Waals surface area contributed by atoms with Crippen LogP contribution in [0, 0.1) is 0 Å². The Labute approximate surface area is 135 Å². The molecule has 1 amide bonds. The van der Waals surface area contributed by atoms with Crippen LogP contribution in [-0.4, -0.2) is 17.0 Å². The number of oxime groups is 1. The van der Waals surface area contributed by atoms with Crippen molar-refractivity contribution in [3.05, 3.63) is 49.0 Å². The molecule has 20 heavy (non-hydrogen) atoms. The lowest BCUT2D eigenvalue weighted by Crippen LogP contribution is -2.19. The lowest BCUT2D eigenvalue weighted by molar-refractivity contribution is 0.102. The van der Waals surface area contributed by atoms with E-state index in [0.717, 1.165) is 8.26 Å². The molecule has 5 nitrogen and oxygen atoms in total. The Balaban J connectivity index is 2.33. The first-order valence-electron chi connectivity index (χ1n) is 5.34. The fourth-order valence-electron chi connectivity index (χ4n) is 1.52. The normalized spacial score (nSPS) is 11.4. The highest BCUT2D eigenvalue weighted by Gasteiger charge is 2.13. The molecular weight excluding hydrogens is 410 g/mol. The second kappa shape index (κ2) is 6.38. The predicted molar refractivity (Wildman–Crippen MR) is 86.6 cm³/mol. The van der Waals surface area contributed by atoms with Gasteiger partial charge in [0.1, 0.15) is 0 Å². The van der Waals surface area contributed by atoms with Gasteiger partial charge >= 0.3 is 0 Å². The molecule has 0 fully saturated rings. The number of hydrogen-bond donors (Lipinski definition) is 3. The summed E-state index contributed by atoms with van der Waals surface area (Å²) in [6.45, 7) is 0. The Bertz CT molecular complexity index is 685. The molecule has 0 atom stereocenters. The monoisotopic (exact) mass is 417 g/mol. The average Bonchev–Trinajstić information content (AvgIpc) is 2.85. The van der Waals surface area contributed by atoms with Gasteiger partial charge in [-0.25, -0.2) is 0 Å². The standard InChI is InChI=1S/C12H9Br2N3O2S/c13-7-1-2-8(11(15)17-19)9(4-7)16-12(18)6-3-10(14)20-5-6/h1-5,19H,(H2,15,17)(H,16,18). The van der Waals surface area contributed by atoms with Crippen LogP contribution in [0.4, 0.5) is 5.69 Å². The van der Waals surface area contributed by atoms with Crippen LogP contribution < -0.4 is 11.1 Å². The number of amides is 1. The van der Waals surface area contributed by atoms with Crippen molar-refractivity contribution >= 4 is 60.6 Å². The van der Waals surface area contributed by atoms with E-state index in [1.165, 1.54) is 11.3 Å². The molecule has 0 spiro atoms. The summed E-state index contributed by atoms with van der Waals surface area (Å²) in [4.78, 5) is 12.1. The molecule has 0 bridgehead atoms. The Morgan fingerprint density at radius 2 is 2.10 bits per heavy atom. The van der Waals surface area contributed by atoms with Gasteiger partial charge in [0.15, 0.2) is 5.84 Å². The minimum absolute atomic E-state index is 0.0701. The van der Waals surface area contributed by atoms with Crippen LogP contribution in [0.2, 0.25) is 0 Å². The quantitative estimate of drug-likeness (QED) is 0.308. The van der Waals surface area contributed by atoms with Crippen LogP contribution in [0.5, 0.6) is 0 Å². The van der Waals surface area contributed by atoms with E-state index in [4.69, 9.17) is 10.9 Å². The highest BCUT2D eigenvalue weighted by atomic mass is 79.9. The molecule has 8 heteroatoms. The Morgan fingerprint density at radius 1 is 1.35 bits per heavy atom. The van der Waals surface area contributed by atoms with Gasteiger partial charge in [-0.05, 0) is 40.2 Å². The molecule has 0 aliphatic heterocycles. The number of halogens is 2. The number of hydrogen-bond acceptors (Lipinski definition) is 4. The second-order valence-corrected chi connectivity index (χ2v) is 6.97. The van der Waals surface area contributed by atoms with Crippen molar-refractivity contribution in [2.75, 3.05) is 5.32 Å². The van der Waals surface area contributed by atoms with Crippen molar-refractivity contribution < 1.29 is 10.0 Å². The largest absolute Gasteiger partial charge is 0.409 e. The molecule has 4 N–H and O–H groups in total. The van der Waals surface area contributed by atoms with Crippen molar-refractivity contribution in [3.63, 3.8) is 0 Å². The lowest BCUT2D eigenvalue weighted by atomic mass is 10.1. The number of carbonyl (C=O) groups is 1. The first-order chi connectivity index (χ1) is 9.51. The smallest absolute Gasteiger partial charge is 0.256 e. The van der Waals surface area contributed by atoms with Gasteiger partial charge in [-0.1, -0.05) is 21.1 Å². The van der Waals surface area contributed by atoms with Gasteiger partial charge in [-0.3, -0.25) is 4.79 Å².